The van der Waals surface area contributed by atoms with E-state index >= 15 is 0 Å². The summed E-state index contributed by atoms with van der Waals surface area (Å²) in [5.41, 5.74) is 2.54. The minimum Gasteiger partial charge on any atom is -0.353 e. The molecular formula is C17H24N4OS2. The lowest BCUT2D eigenvalue weighted by Gasteiger charge is -2.09. The van der Waals surface area contributed by atoms with Gasteiger partial charge in [0.2, 0.25) is 5.91 Å². The van der Waals surface area contributed by atoms with Gasteiger partial charge in [-0.2, -0.15) is 0 Å². The van der Waals surface area contributed by atoms with E-state index in [2.05, 4.69) is 46.2 Å². The lowest BCUT2D eigenvalue weighted by Crippen LogP contribution is -2.27. The van der Waals surface area contributed by atoms with Crippen LogP contribution in [0.5, 0.6) is 0 Å². The van der Waals surface area contributed by atoms with Crippen LogP contribution in [-0.4, -0.2) is 32.5 Å². The van der Waals surface area contributed by atoms with Crippen LogP contribution in [0.4, 0.5) is 0 Å². The van der Waals surface area contributed by atoms with Gasteiger partial charge in [0, 0.05) is 28.4 Å². The smallest absolute Gasteiger partial charge is 0.230 e. The Hall–Kier alpha value is -1.34. The molecule has 2 aromatic heterocycles. The molecule has 0 atom stereocenters. The molecule has 0 unspecified atom stereocenters. The van der Waals surface area contributed by atoms with Crippen LogP contribution in [-0.2, 0) is 17.8 Å². The van der Waals surface area contributed by atoms with Gasteiger partial charge in [0.05, 0.1) is 5.75 Å². The van der Waals surface area contributed by atoms with Gasteiger partial charge < -0.3 is 9.88 Å². The Bertz CT molecular complexity index is 718. The number of hydrogen-bond acceptors (Lipinski definition) is 5. The molecule has 0 radical (unpaired) electrons. The molecule has 1 fully saturated rings. The summed E-state index contributed by atoms with van der Waals surface area (Å²) in [6, 6.07) is 0.406. The molecule has 1 saturated carbocycles. The maximum atomic E-state index is 11.9. The highest BCUT2D eigenvalue weighted by Crippen LogP contribution is 2.32. The summed E-state index contributed by atoms with van der Waals surface area (Å²) < 4.78 is 2.16. The largest absolute Gasteiger partial charge is 0.353 e. The number of carbonyl (C=O) groups excluding carboxylic acids is 1. The fourth-order valence-corrected chi connectivity index (χ4v) is 4.47. The van der Waals surface area contributed by atoms with Crippen LogP contribution >= 0.6 is 23.1 Å². The standard InChI is InChI=1S/C17H24N4OS2/c1-4-8-21-16(14-9-23-11(3)13(14)5-2)19-20-17(21)24-10-15(22)18-12-6-7-12/h9,12H,4-8,10H2,1-3H3,(H,18,22). The van der Waals surface area contributed by atoms with Crippen molar-refractivity contribution in [3.63, 3.8) is 0 Å². The Labute approximate surface area is 151 Å². The van der Waals surface area contributed by atoms with Crippen molar-refractivity contribution in [3.8, 4) is 11.4 Å². The number of amides is 1. The number of rotatable bonds is 8. The first-order valence-corrected chi connectivity index (χ1v) is 10.4. The maximum absolute atomic E-state index is 11.9. The summed E-state index contributed by atoms with van der Waals surface area (Å²) in [6.45, 7) is 7.35. The molecule has 1 aliphatic carbocycles. The van der Waals surface area contributed by atoms with Gasteiger partial charge in [0.25, 0.3) is 0 Å². The van der Waals surface area contributed by atoms with Gasteiger partial charge in [0.15, 0.2) is 11.0 Å². The van der Waals surface area contributed by atoms with E-state index in [1.54, 1.807) is 11.3 Å². The average molecular weight is 365 g/mol. The molecule has 0 aliphatic heterocycles. The summed E-state index contributed by atoms with van der Waals surface area (Å²) >= 11 is 3.25. The Morgan fingerprint density at radius 3 is 2.88 bits per heavy atom. The zero-order chi connectivity index (χ0) is 17.1. The van der Waals surface area contributed by atoms with Crippen LogP contribution in [0.1, 0.15) is 43.6 Å². The first kappa shape index (κ1) is 17.5. The molecule has 0 bridgehead atoms. The van der Waals surface area contributed by atoms with Gasteiger partial charge in [0.1, 0.15) is 0 Å². The van der Waals surface area contributed by atoms with Gasteiger partial charge >= 0.3 is 0 Å². The van der Waals surface area contributed by atoms with Crippen molar-refractivity contribution in [2.24, 2.45) is 0 Å². The molecule has 0 aromatic carbocycles. The zero-order valence-corrected chi connectivity index (χ0v) is 16.1. The Kier molecular flexibility index (Phi) is 5.61. The third-order valence-electron chi connectivity index (χ3n) is 4.14. The monoisotopic (exact) mass is 364 g/mol. The zero-order valence-electron chi connectivity index (χ0n) is 14.5. The first-order chi connectivity index (χ1) is 11.6. The number of thioether (sulfide) groups is 1. The predicted octanol–water partition coefficient (Wildman–Crippen LogP) is 3.66. The number of thiophene rings is 1. The van der Waals surface area contributed by atoms with Crippen molar-refractivity contribution < 1.29 is 4.79 Å². The third kappa shape index (κ3) is 3.83. The van der Waals surface area contributed by atoms with Gasteiger partial charge in [-0.1, -0.05) is 25.6 Å². The molecule has 2 heterocycles. The van der Waals surface area contributed by atoms with Crippen molar-refractivity contribution in [2.75, 3.05) is 5.75 Å². The molecule has 24 heavy (non-hydrogen) atoms. The van der Waals surface area contributed by atoms with Crippen LogP contribution in [0.15, 0.2) is 10.5 Å². The predicted molar refractivity (Wildman–Crippen MR) is 99.6 cm³/mol. The molecule has 130 valence electrons. The van der Waals surface area contributed by atoms with Crippen molar-refractivity contribution in [1.82, 2.24) is 20.1 Å². The molecule has 7 heteroatoms. The molecule has 5 nitrogen and oxygen atoms in total. The second kappa shape index (κ2) is 7.70. The number of aryl methyl sites for hydroxylation is 1. The molecular weight excluding hydrogens is 340 g/mol. The number of hydrogen-bond donors (Lipinski definition) is 1. The fraction of sp³-hybridized carbons (Fsp3) is 0.588. The topological polar surface area (TPSA) is 59.8 Å². The second-order valence-electron chi connectivity index (χ2n) is 6.13. The third-order valence-corrected chi connectivity index (χ3v) is 6.06. The van der Waals surface area contributed by atoms with E-state index in [-0.39, 0.29) is 5.91 Å². The number of nitrogens with zero attached hydrogens (tertiary/aromatic N) is 3. The SMILES string of the molecule is CCCn1c(SCC(=O)NC2CC2)nnc1-c1csc(C)c1CC. The molecule has 1 amide bonds. The normalized spacial score (nSPS) is 14.1. The fourth-order valence-electron chi connectivity index (χ4n) is 2.75. The number of carbonyl (C=O) groups is 1. The summed E-state index contributed by atoms with van der Waals surface area (Å²) in [4.78, 5) is 13.3. The second-order valence-corrected chi connectivity index (χ2v) is 8.15. The van der Waals surface area contributed by atoms with Crippen LogP contribution in [0, 0.1) is 6.92 Å². The highest BCUT2D eigenvalue weighted by atomic mass is 32.2. The molecule has 2 aromatic rings. The Balaban J connectivity index is 1.79. The van der Waals surface area contributed by atoms with E-state index in [1.165, 1.54) is 27.8 Å². The summed E-state index contributed by atoms with van der Waals surface area (Å²) in [6.07, 6.45) is 4.24. The number of nitrogens with one attached hydrogen (secondary N) is 1. The molecule has 3 rings (SSSR count). The molecule has 1 aliphatic rings. The summed E-state index contributed by atoms with van der Waals surface area (Å²) in [5.74, 6) is 1.43. The van der Waals surface area contributed by atoms with E-state index in [1.807, 2.05) is 0 Å². The van der Waals surface area contributed by atoms with Gasteiger partial charge in [-0.05, 0) is 38.2 Å². The van der Waals surface area contributed by atoms with Crippen molar-refractivity contribution in [2.45, 2.75) is 64.2 Å². The van der Waals surface area contributed by atoms with E-state index in [0.29, 0.717) is 11.8 Å². The molecule has 0 saturated heterocycles. The number of aromatic nitrogens is 3. The van der Waals surface area contributed by atoms with Crippen molar-refractivity contribution in [3.05, 3.63) is 15.8 Å². The quantitative estimate of drug-likeness (QED) is 0.726. The maximum Gasteiger partial charge on any atom is 0.230 e. The summed E-state index contributed by atoms with van der Waals surface area (Å²) in [5, 5.41) is 14.8. The Morgan fingerprint density at radius 2 is 2.21 bits per heavy atom. The lowest BCUT2D eigenvalue weighted by atomic mass is 10.1. The van der Waals surface area contributed by atoms with Gasteiger partial charge in [-0.25, -0.2) is 0 Å². The van der Waals surface area contributed by atoms with Crippen LogP contribution in [0.3, 0.4) is 0 Å². The lowest BCUT2D eigenvalue weighted by molar-refractivity contribution is -0.118. The molecule has 0 spiro atoms. The summed E-state index contributed by atoms with van der Waals surface area (Å²) in [7, 11) is 0. The van der Waals surface area contributed by atoms with E-state index in [9.17, 15) is 4.79 Å². The minimum atomic E-state index is 0.0933. The van der Waals surface area contributed by atoms with E-state index < -0.39 is 0 Å². The van der Waals surface area contributed by atoms with Crippen LogP contribution < -0.4 is 5.32 Å². The van der Waals surface area contributed by atoms with Crippen LogP contribution in [0.2, 0.25) is 0 Å². The van der Waals surface area contributed by atoms with E-state index in [4.69, 9.17) is 0 Å². The average Bonchev–Trinajstić information content (AvgIpc) is 3.17. The van der Waals surface area contributed by atoms with Crippen molar-refractivity contribution in [1.29, 1.82) is 0 Å². The highest BCUT2D eigenvalue weighted by molar-refractivity contribution is 7.99. The highest BCUT2D eigenvalue weighted by Gasteiger charge is 2.24. The van der Waals surface area contributed by atoms with Crippen LogP contribution in [0.25, 0.3) is 11.4 Å². The molecule has 1 N–H and O–H groups in total. The van der Waals surface area contributed by atoms with E-state index in [0.717, 1.165) is 43.2 Å². The first-order valence-electron chi connectivity index (χ1n) is 8.56. The Morgan fingerprint density at radius 1 is 1.42 bits per heavy atom. The van der Waals surface area contributed by atoms with Gasteiger partial charge in [-0.15, -0.1) is 21.5 Å². The van der Waals surface area contributed by atoms with Gasteiger partial charge in [-0.3, -0.25) is 4.79 Å². The minimum absolute atomic E-state index is 0.0933. The van der Waals surface area contributed by atoms with Crippen molar-refractivity contribution >= 4 is 29.0 Å².